The molecule has 9 heteroatoms. The molecule has 1 heterocycles. The number of amides is 2. The molecule has 178 valence electrons. The van der Waals surface area contributed by atoms with Gasteiger partial charge in [-0.1, -0.05) is 36.9 Å². The Morgan fingerprint density at radius 2 is 1.82 bits per heavy atom. The van der Waals surface area contributed by atoms with Gasteiger partial charge in [0.1, 0.15) is 18.2 Å². The van der Waals surface area contributed by atoms with Gasteiger partial charge in [0.05, 0.1) is 12.4 Å². The van der Waals surface area contributed by atoms with Crippen molar-refractivity contribution in [1.29, 1.82) is 0 Å². The second-order valence-electron chi connectivity index (χ2n) is 8.75. The zero-order valence-electron chi connectivity index (χ0n) is 19.5. The number of rotatable bonds is 10. The van der Waals surface area contributed by atoms with E-state index in [2.05, 4.69) is 27.2 Å². The van der Waals surface area contributed by atoms with Gasteiger partial charge < -0.3 is 25.1 Å². The number of carbonyl (C=O) groups excluding carboxylic acids is 3. The summed E-state index contributed by atoms with van der Waals surface area (Å²) in [5.41, 5.74) is 1.24. The molecule has 1 aromatic carbocycles. The summed E-state index contributed by atoms with van der Waals surface area (Å²) < 4.78 is 10.8. The minimum Gasteiger partial charge on any atom is -0.462 e. The topological polar surface area (TPSA) is 122 Å². The van der Waals surface area contributed by atoms with E-state index in [1.165, 1.54) is 6.33 Å². The Morgan fingerprint density at radius 1 is 1.12 bits per heavy atom. The number of ether oxygens (including phenoxy) is 2. The first-order chi connectivity index (χ1) is 15.5. The normalized spacial score (nSPS) is 12.8. The summed E-state index contributed by atoms with van der Waals surface area (Å²) >= 11 is 0. The van der Waals surface area contributed by atoms with Gasteiger partial charge in [0.15, 0.2) is 0 Å². The molecule has 0 bridgehead atoms. The summed E-state index contributed by atoms with van der Waals surface area (Å²) in [6.07, 6.45) is 3.03. The quantitative estimate of drug-likeness (QED) is 0.373. The van der Waals surface area contributed by atoms with Gasteiger partial charge in [-0.25, -0.2) is 14.6 Å². The second kappa shape index (κ2) is 11.8. The van der Waals surface area contributed by atoms with E-state index in [4.69, 9.17) is 9.47 Å². The summed E-state index contributed by atoms with van der Waals surface area (Å²) in [6, 6.07) is 7.78. The average Bonchev–Trinajstić information content (AvgIpc) is 3.23. The van der Waals surface area contributed by atoms with Gasteiger partial charge in [0.2, 0.25) is 5.91 Å². The highest BCUT2D eigenvalue weighted by Crippen LogP contribution is 2.10. The summed E-state index contributed by atoms with van der Waals surface area (Å²) in [4.78, 5) is 44.3. The molecule has 0 saturated carbocycles. The number of H-pyrrole nitrogens is 1. The van der Waals surface area contributed by atoms with Gasteiger partial charge in [-0.2, -0.15) is 0 Å². The summed E-state index contributed by atoms with van der Waals surface area (Å²) in [5, 5.41) is 5.39. The number of imidazole rings is 1. The third kappa shape index (κ3) is 9.59. The van der Waals surface area contributed by atoms with Gasteiger partial charge in [0.25, 0.3) is 0 Å². The van der Waals surface area contributed by atoms with Crippen molar-refractivity contribution in [3.63, 3.8) is 0 Å². The van der Waals surface area contributed by atoms with Crippen LogP contribution in [0.25, 0.3) is 0 Å². The van der Waals surface area contributed by atoms with Crippen LogP contribution in [0.5, 0.6) is 0 Å². The fraction of sp³-hybridized carbons (Fsp3) is 0.417. The number of aromatic amines is 1. The molecule has 9 nitrogen and oxygen atoms in total. The molecule has 2 rings (SSSR count). The number of hydrogen-bond acceptors (Lipinski definition) is 6. The molecule has 0 saturated heterocycles. The van der Waals surface area contributed by atoms with Crippen LogP contribution in [0.4, 0.5) is 4.79 Å². The SMILES string of the molecule is C=C(C)C(=O)N[C@H](COC(=O)[C@H](Cc1ccccc1)NC(=O)OC(C)(C)C)Cc1cnc[nH]1. The lowest BCUT2D eigenvalue weighted by Crippen LogP contribution is -2.47. The smallest absolute Gasteiger partial charge is 0.408 e. The van der Waals surface area contributed by atoms with Crippen molar-refractivity contribution in [3.05, 3.63) is 66.3 Å². The molecule has 0 aliphatic heterocycles. The molecule has 0 unspecified atom stereocenters. The van der Waals surface area contributed by atoms with Gasteiger partial charge in [0, 0.05) is 30.3 Å². The minimum absolute atomic E-state index is 0.0990. The predicted molar refractivity (Wildman–Crippen MR) is 123 cm³/mol. The van der Waals surface area contributed by atoms with Crippen molar-refractivity contribution in [2.24, 2.45) is 0 Å². The zero-order chi connectivity index (χ0) is 24.4. The number of nitrogens with zero attached hydrogens (tertiary/aromatic N) is 1. The van der Waals surface area contributed by atoms with Crippen LogP contribution in [0.15, 0.2) is 55.0 Å². The predicted octanol–water partition coefficient (Wildman–Crippen LogP) is 2.69. The Hall–Kier alpha value is -3.62. The minimum atomic E-state index is -0.966. The number of benzene rings is 1. The Labute approximate surface area is 194 Å². The van der Waals surface area contributed by atoms with Gasteiger partial charge in [-0.15, -0.1) is 0 Å². The van der Waals surface area contributed by atoms with Crippen LogP contribution in [0.3, 0.4) is 0 Å². The van der Waals surface area contributed by atoms with Crippen LogP contribution in [-0.4, -0.2) is 52.2 Å². The monoisotopic (exact) mass is 456 g/mol. The number of esters is 1. The molecule has 2 atom stereocenters. The van der Waals surface area contributed by atoms with E-state index in [0.29, 0.717) is 12.0 Å². The largest absolute Gasteiger partial charge is 0.462 e. The lowest BCUT2D eigenvalue weighted by atomic mass is 10.1. The molecule has 0 fully saturated rings. The molecular formula is C24H32N4O5. The lowest BCUT2D eigenvalue weighted by Gasteiger charge is -2.24. The van der Waals surface area contributed by atoms with Crippen LogP contribution >= 0.6 is 0 Å². The molecule has 2 amide bonds. The van der Waals surface area contributed by atoms with Gasteiger partial charge >= 0.3 is 12.1 Å². The van der Waals surface area contributed by atoms with Crippen molar-refractivity contribution in [1.82, 2.24) is 20.6 Å². The van der Waals surface area contributed by atoms with Crippen LogP contribution < -0.4 is 10.6 Å². The van der Waals surface area contributed by atoms with Crippen LogP contribution in [0, 0.1) is 0 Å². The number of nitrogens with one attached hydrogen (secondary N) is 3. The highest BCUT2D eigenvalue weighted by atomic mass is 16.6. The number of alkyl carbamates (subject to hydrolysis) is 1. The highest BCUT2D eigenvalue weighted by molar-refractivity contribution is 5.92. The average molecular weight is 457 g/mol. The van der Waals surface area contributed by atoms with E-state index in [-0.39, 0.29) is 18.9 Å². The maximum Gasteiger partial charge on any atom is 0.408 e. The molecule has 3 N–H and O–H groups in total. The second-order valence-corrected chi connectivity index (χ2v) is 8.75. The standard InChI is InChI=1S/C24H32N4O5/c1-16(2)21(29)27-19(12-18-13-25-15-26-18)14-32-22(30)20(11-17-9-7-6-8-10-17)28-23(31)33-24(3,4)5/h6-10,13,15,19-20H,1,11-12,14H2,2-5H3,(H,25,26)(H,27,29)(H,28,31)/t19-,20-/m0/s1. The highest BCUT2D eigenvalue weighted by Gasteiger charge is 2.27. The van der Waals surface area contributed by atoms with E-state index in [1.807, 2.05) is 30.3 Å². The third-order valence-electron chi connectivity index (χ3n) is 4.43. The summed E-state index contributed by atoms with van der Waals surface area (Å²) in [7, 11) is 0. The third-order valence-corrected chi connectivity index (χ3v) is 4.43. The Kier molecular flexibility index (Phi) is 9.20. The number of aromatic nitrogens is 2. The molecule has 2 aromatic rings. The molecular weight excluding hydrogens is 424 g/mol. The molecule has 0 aliphatic carbocycles. The van der Waals surface area contributed by atoms with Crippen molar-refractivity contribution < 1.29 is 23.9 Å². The lowest BCUT2D eigenvalue weighted by molar-refractivity contribution is -0.147. The molecule has 1 aromatic heterocycles. The fourth-order valence-electron chi connectivity index (χ4n) is 2.90. The van der Waals surface area contributed by atoms with Crippen molar-refractivity contribution in [2.45, 2.75) is 58.2 Å². The molecule has 0 spiro atoms. The van der Waals surface area contributed by atoms with Crippen LogP contribution in [0.1, 0.15) is 39.0 Å². The first-order valence-corrected chi connectivity index (χ1v) is 10.7. The summed E-state index contributed by atoms with van der Waals surface area (Å²) in [5.74, 6) is -0.979. The van der Waals surface area contributed by atoms with Crippen LogP contribution in [-0.2, 0) is 31.9 Å². The zero-order valence-corrected chi connectivity index (χ0v) is 19.5. The summed E-state index contributed by atoms with van der Waals surface area (Å²) in [6.45, 7) is 10.3. The first-order valence-electron chi connectivity index (χ1n) is 10.7. The van der Waals surface area contributed by atoms with Gasteiger partial charge in [-0.05, 0) is 33.3 Å². The Morgan fingerprint density at radius 3 is 2.39 bits per heavy atom. The van der Waals surface area contributed by atoms with E-state index in [9.17, 15) is 14.4 Å². The first kappa shape index (κ1) is 25.6. The Balaban J connectivity index is 2.09. The Bertz CT molecular complexity index is 936. The maximum absolute atomic E-state index is 12.9. The van der Waals surface area contributed by atoms with Gasteiger partial charge in [-0.3, -0.25) is 4.79 Å². The molecule has 33 heavy (non-hydrogen) atoms. The van der Waals surface area contributed by atoms with Crippen LogP contribution in [0.2, 0.25) is 0 Å². The maximum atomic E-state index is 12.9. The number of hydrogen-bond donors (Lipinski definition) is 3. The molecule has 0 aliphatic rings. The van der Waals surface area contributed by atoms with Crippen molar-refractivity contribution >= 4 is 18.0 Å². The van der Waals surface area contributed by atoms with E-state index < -0.39 is 29.7 Å². The molecule has 0 radical (unpaired) electrons. The van der Waals surface area contributed by atoms with E-state index in [1.54, 1.807) is 33.9 Å². The fourth-order valence-corrected chi connectivity index (χ4v) is 2.90. The van der Waals surface area contributed by atoms with E-state index >= 15 is 0 Å². The number of carbonyl (C=O) groups is 3. The van der Waals surface area contributed by atoms with Crippen molar-refractivity contribution in [2.75, 3.05) is 6.61 Å². The van der Waals surface area contributed by atoms with E-state index in [0.717, 1.165) is 11.3 Å². The van der Waals surface area contributed by atoms with Crippen molar-refractivity contribution in [3.8, 4) is 0 Å².